The van der Waals surface area contributed by atoms with Crippen molar-refractivity contribution in [3.8, 4) is 0 Å². The van der Waals surface area contributed by atoms with Crippen molar-refractivity contribution in [3.05, 3.63) is 0 Å². The third-order valence-electron chi connectivity index (χ3n) is 0.768. The van der Waals surface area contributed by atoms with Gasteiger partial charge in [0, 0.05) is 6.54 Å². The second-order valence-electron chi connectivity index (χ2n) is 3.23. The van der Waals surface area contributed by atoms with Crippen LogP contribution < -0.4 is 5.73 Å². The molecule has 0 bridgehead atoms. The van der Waals surface area contributed by atoms with Gasteiger partial charge < -0.3 is 10.5 Å². The summed E-state index contributed by atoms with van der Waals surface area (Å²) < 4.78 is 4.96. The molecule has 0 aliphatic rings. The molecule has 0 saturated carbocycles. The Morgan fingerprint density at radius 2 is 1.92 bits per heavy atom. The van der Waals surface area contributed by atoms with Crippen molar-refractivity contribution in [2.24, 2.45) is 5.73 Å². The smallest absolute Gasteiger partial charge is 0.307 e. The van der Waals surface area contributed by atoms with E-state index in [-0.39, 0.29) is 11.6 Å². The zero-order valence-electron chi connectivity index (χ0n) is 8.22. The number of ether oxygens (including phenoxy) is 1. The number of rotatable bonds is 2. The molecular weight excluding hydrogens is 172 g/mol. The zero-order valence-corrected chi connectivity index (χ0v) is 8.22. The van der Waals surface area contributed by atoms with E-state index < -0.39 is 0 Å². The lowest BCUT2D eigenvalue weighted by Crippen LogP contribution is -2.25. The number of nitrogens with one attached hydrogen (secondary N) is 1. The zero-order chi connectivity index (χ0) is 10.9. The molecule has 5 heteroatoms. The minimum Gasteiger partial charge on any atom is -0.460 e. The molecular formula is C8H16N2O3. The predicted octanol–water partition coefficient (Wildman–Crippen LogP) is 0.578. The van der Waals surface area contributed by atoms with Crippen LogP contribution in [0.4, 0.5) is 0 Å². The maximum Gasteiger partial charge on any atom is 0.307 e. The van der Waals surface area contributed by atoms with Crippen molar-refractivity contribution in [1.29, 1.82) is 5.41 Å². The standard InChI is InChI=1S/C7H15NO2.CHNO/c1-7(2,3)10-6(9)4-5-8;2-1-3/h4-5,8H2,1-3H3;2H. The van der Waals surface area contributed by atoms with Crippen LogP contribution in [0.5, 0.6) is 0 Å². The highest BCUT2D eigenvalue weighted by Crippen LogP contribution is 2.07. The van der Waals surface area contributed by atoms with Crippen molar-refractivity contribution in [2.75, 3.05) is 6.54 Å². The highest BCUT2D eigenvalue weighted by atomic mass is 16.6. The van der Waals surface area contributed by atoms with Crippen LogP contribution in [0.2, 0.25) is 0 Å². The van der Waals surface area contributed by atoms with Crippen LogP contribution in [0.3, 0.4) is 0 Å². The molecule has 0 rings (SSSR count). The number of hydrogen-bond donors (Lipinski definition) is 2. The quantitative estimate of drug-likeness (QED) is 0.376. The predicted molar refractivity (Wildman–Crippen MR) is 47.9 cm³/mol. The Balaban J connectivity index is 0. The maximum absolute atomic E-state index is 10.8. The average molecular weight is 188 g/mol. The summed E-state index contributed by atoms with van der Waals surface area (Å²) in [6.07, 6.45) is 1.05. The normalized spacial score (nSPS) is 9.23. The third-order valence-corrected chi connectivity index (χ3v) is 0.768. The van der Waals surface area contributed by atoms with Gasteiger partial charge in [-0.05, 0) is 20.8 Å². The van der Waals surface area contributed by atoms with Gasteiger partial charge in [0.25, 0.3) is 0 Å². The lowest BCUT2D eigenvalue weighted by molar-refractivity contribution is -0.154. The molecule has 0 aliphatic carbocycles. The van der Waals surface area contributed by atoms with Crippen LogP contribution >= 0.6 is 0 Å². The van der Waals surface area contributed by atoms with E-state index in [9.17, 15) is 4.79 Å². The summed E-state index contributed by atoms with van der Waals surface area (Å²) in [5.41, 5.74) is 4.76. The number of hydrogen-bond acceptors (Lipinski definition) is 5. The lowest BCUT2D eigenvalue weighted by Gasteiger charge is -2.18. The van der Waals surface area contributed by atoms with Crippen molar-refractivity contribution in [2.45, 2.75) is 32.8 Å². The van der Waals surface area contributed by atoms with Crippen molar-refractivity contribution in [1.82, 2.24) is 0 Å². The topological polar surface area (TPSA) is 93.2 Å². The van der Waals surface area contributed by atoms with Crippen LogP contribution in [-0.2, 0) is 14.3 Å². The molecule has 0 aromatic heterocycles. The number of carbonyl (C=O) groups excluding carboxylic acids is 2. The van der Waals surface area contributed by atoms with E-state index in [2.05, 4.69) is 0 Å². The van der Waals surface area contributed by atoms with Gasteiger partial charge in [0.1, 0.15) is 5.60 Å². The summed E-state index contributed by atoms with van der Waals surface area (Å²) >= 11 is 0. The first-order valence-electron chi connectivity index (χ1n) is 3.83. The molecule has 0 amide bonds. The van der Waals surface area contributed by atoms with Crippen LogP contribution in [0.25, 0.3) is 0 Å². The Morgan fingerprint density at radius 1 is 1.54 bits per heavy atom. The fourth-order valence-corrected chi connectivity index (χ4v) is 0.510. The lowest BCUT2D eigenvalue weighted by atomic mass is 10.2. The van der Waals surface area contributed by atoms with Gasteiger partial charge in [-0.1, -0.05) is 0 Å². The van der Waals surface area contributed by atoms with E-state index >= 15 is 0 Å². The molecule has 0 unspecified atom stereocenters. The van der Waals surface area contributed by atoms with Crippen LogP contribution in [0, 0.1) is 5.41 Å². The van der Waals surface area contributed by atoms with Gasteiger partial charge in [-0.15, -0.1) is 0 Å². The first kappa shape index (κ1) is 14.3. The molecule has 0 fully saturated rings. The Hall–Kier alpha value is -1.19. The molecule has 0 spiro atoms. The highest BCUT2D eigenvalue weighted by Gasteiger charge is 2.14. The summed E-state index contributed by atoms with van der Waals surface area (Å²) in [7, 11) is 0. The molecule has 0 aliphatic heterocycles. The van der Waals surface area contributed by atoms with E-state index in [1.54, 1.807) is 0 Å². The number of esters is 1. The summed E-state index contributed by atoms with van der Waals surface area (Å²) in [4.78, 5) is 19.1. The van der Waals surface area contributed by atoms with E-state index in [0.717, 1.165) is 6.08 Å². The number of isocyanates is 1. The highest BCUT2D eigenvalue weighted by molar-refractivity contribution is 5.69. The maximum atomic E-state index is 10.8. The second kappa shape index (κ2) is 7.46. The minimum absolute atomic E-state index is 0.227. The van der Waals surface area contributed by atoms with Crippen molar-refractivity contribution in [3.63, 3.8) is 0 Å². The molecule has 13 heavy (non-hydrogen) atoms. The first-order valence-corrected chi connectivity index (χ1v) is 3.83. The van der Waals surface area contributed by atoms with Crippen molar-refractivity contribution < 1.29 is 14.3 Å². The van der Waals surface area contributed by atoms with E-state index in [1.165, 1.54) is 0 Å². The molecule has 0 atom stereocenters. The fourth-order valence-electron chi connectivity index (χ4n) is 0.510. The summed E-state index contributed by atoms with van der Waals surface area (Å²) in [6.45, 7) is 5.86. The van der Waals surface area contributed by atoms with E-state index in [4.69, 9.17) is 20.7 Å². The SMILES string of the molecule is CC(C)(C)OC(=O)CCN.N=C=O. The third kappa shape index (κ3) is 18.1. The van der Waals surface area contributed by atoms with Gasteiger partial charge in [0.2, 0.25) is 6.08 Å². The minimum atomic E-state index is -0.383. The first-order chi connectivity index (χ1) is 5.87. The van der Waals surface area contributed by atoms with E-state index in [1.807, 2.05) is 20.8 Å². The number of nitrogens with two attached hydrogens (primary N) is 1. The summed E-state index contributed by atoms with van der Waals surface area (Å²) in [6, 6.07) is 0. The van der Waals surface area contributed by atoms with Gasteiger partial charge in [0.15, 0.2) is 0 Å². The van der Waals surface area contributed by atoms with Crippen LogP contribution in [0.1, 0.15) is 27.2 Å². The van der Waals surface area contributed by atoms with Gasteiger partial charge in [-0.2, -0.15) is 0 Å². The Kier molecular flexibility index (Phi) is 8.23. The summed E-state index contributed by atoms with van der Waals surface area (Å²) in [5, 5.41) is 5.40. The number of carbonyl (C=O) groups is 1. The second-order valence-corrected chi connectivity index (χ2v) is 3.23. The molecule has 3 N–H and O–H groups in total. The Labute approximate surface area is 77.8 Å². The molecule has 0 aromatic carbocycles. The largest absolute Gasteiger partial charge is 0.460 e. The molecule has 0 aromatic rings. The summed E-state index contributed by atoms with van der Waals surface area (Å²) in [5.74, 6) is -0.227. The average Bonchev–Trinajstić information content (AvgIpc) is 1.84. The molecule has 5 nitrogen and oxygen atoms in total. The van der Waals surface area contributed by atoms with Gasteiger partial charge in [-0.25, -0.2) is 10.2 Å². The Bertz CT molecular complexity index is 178. The van der Waals surface area contributed by atoms with Crippen LogP contribution in [0.15, 0.2) is 0 Å². The molecule has 76 valence electrons. The Morgan fingerprint density at radius 3 is 2.15 bits per heavy atom. The fraction of sp³-hybridized carbons (Fsp3) is 0.750. The van der Waals surface area contributed by atoms with Gasteiger partial charge >= 0.3 is 5.97 Å². The molecule has 0 saturated heterocycles. The molecule has 0 radical (unpaired) electrons. The molecule has 0 heterocycles. The van der Waals surface area contributed by atoms with Gasteiger partial charge in [-0.3, -0.25) is 4.79 Å². The van der Waals surface area contributed by atoms with Crippen LogP contribution in [-0.4, -0.2) is 24.2 Å². The monoisotopic (exact) mass is 188 g/mol. The van der Waals surface area contributed by atoms with Crippen molar-refractivity contribution >= 4 is 12.0 Å². The van der Waals surface area contributed by atoms with E-state index in [0.29, 0.717) is 13.0 Å². The van der Waals surface area contributed by atoms with Gasteiger partial charge in [0.05, 0.1) is 6.42 Å².